The number of para-hydroxylation sites is 1. The molecule has 2 aromatic rings. The van der Waals surface area contributed by atoms with Crippen LogP contribution in [-0.4, -0.2) is 16.9 Å². The molecule has 21 heavy (non-hydrogen) atoms. The molecule has 1 aromatic heterocycles. The number of rotatable bonds is 6. The SMILES string of the molecule is CC(C)CCC(Nc1ccc2ccccc2n1)/C(N)=N/N. The van der Waals surface area contributed by atoms with Gasteiger partial charge in [0, 0.05) is 5.39 Å². The summed E-state index contributed by atoms with van der Waals surface area (Å²) in [6.07, 6.45) is 1.92. The maximum Gasteiger partial charge on any atom is 0.141 e. The van der Waals surface area contributed by atoms with Crippen molar-refractivity contribution in [3.8, 4) is 0 Å². The van der Waals surface area contributed by atoms with E-state index in [1.807, 2.05) is 36.4 Å². The van der Waals surface area contributed by atoms with Gasteiger partial charge in [-0.05, 0) is 37.0 Å². The Kier molecular flexibility index (Phi) is 4.98. The quantitative estimate of drug-likeness (QED) is 0.329. The number of aromatic nitrogens is 1. The van der Waals surface area contributed by atoms with Crippen molar-refractivity contribution < 1.29 is 0 Å². The average Bonchev–Trinajstić information content (AvgIpc) is 2.50. The zero-order valence-corrected chi connectivity index (χ0v) is 12.6. The third kappa shape index (κ3) is 4.08. The molecule has 1 atom stereocenters. The number of amidine groups is 1. The summed E-state index contributed by atoms with van der Waals surface area (Å²) in [6, 6.07) is 11.9. The number of hydrogen-bond acceptors (Lipinski definition) is 4. The van der Waals surface area contributed by atoms with E-state index in [0.29, 0.717) is 11.8 Å². The molecule has 112 valence electrons. The second-order valence-corrected chi connectivity index (χ2v) is 5.61. The van der Waals surface area contributed by atoms with Crippen LogP contribution in [0.5, 0.6) is 0 Å². The molecule has 5 N–H and O–H groups in total. The van der Waals surface area contributed by atoms with Crippen molar-refractivity contribution in [2.45, 2.75) is 32.7 Å². The van der Waals surface area contributed by atoms with E-state index < -0.39 is 0 Å². The van der Waals surface area contributed by atoms with Crippen molar-refractivity contribution >= 4 is 22.6 Å². The molecule has 0 bridgehead atoms. The van der Waals surface area contributed by atoms with Gasteiger partial charge in [0.25, 0.3) is 0 Å². The number of nitrogens with zero attached hydrogens (tertiary/aromatic N) is 2. The van der Waals surface area contributed by atoms with Gasteiger partial charge in [-0.2, -0.15) is 5.10 Å². The predicted octanol–water partition coefficient (Wildman–Crippen LogP) is 2.68. The lowest BCUT2D eigenvalue weighted by Crippen LogP contribution is -2.37. The minimum Gasteiger partial charge on any atom is -0.384 e. The van der Waals surface area contributed by atoms with Crippen LogP contribution in [0.15, 0.2) is 41.5 Å². The van der Waals surface area contributed by atoms with Crippen LogP contribution in [0.4, 0.5) is 5.82 Å². The Hall–Kier alpha value is -2.30. The third-order valence-electron chi connectivity index (χ3n) is 3.46. The zero-order valence-electron chi connectivity index (χ0n) is 12.6. The van der Waals surface area contributed by atoms with Gasteiger partial charge in [0.05, 0.1) is 11.6 Å². The Labute approximate surface area is 125 Å². The van der Waals surface area contributed by atoms with E-state index in [1.165, 1.54) is 0 Å². The number of hydrogen-bond donors (Lipinski definition) is 3. The van der Waals surface area contributed by atoms with Gasteiger partial charge in [-0.1, -0.05) is 32.0 Å². The molecule has 5 nitrogen and oxygen atoms in total. The predicted molar refractivity (Wildman–Crippen MR) is 89.0 cm³/mol. The number of fused-ring (bicyclic) bond motifs is 1. The highest BCUT2D eigenvalue weighted by Gasteiger charge is 2.14. The molecule has 2 rings (SSSR count). The first-order valence-corrected chi connectivity index (χ1v) is 7.25. The molecule has 1 unspecified atom stereocenters. The fraction of sp³-hybridized carbons (Fsp3) is 0.375. The zero-order chi connectivity index (χ0) is 15.2. The summed E-state index contributed by atoms with van der Waals surface area (Å²) in [5.74, 6) is 7.12. The van der Waals surface area contributed by atoms with E-state index in [1.54, 1.807) is 0 Å². The fourth-order valence-corrected chi connectivity index (χ4v) is 2.21. The van der Waals surface area contributed by atoms with Crippen LogP contribution in [-0.2, 0) is 0 Å². The normalized spacial score (nSPS) is 13.6. The van der Waals surface area contributed by atoms with Gasteiger partial charge in [-0.15, -0.1) is 0 Å². The van der Waals surface area contributed by atoms with E-state index in [0.717, 1.165) is 29.6 Å². The van der Waals surface area contributed by atoms with E-state index in [9.17, 15) is 0 Å². The van der Waals surface area contributed by atoms with Crippen molar-refractivity contribution in [2.75, 3.05) is 5.32 Å². The molecular formula is C16H23N5. The molecule has 0 fully saturated rings. The van der Waals surface area contributed by atoms with Gasteiger partial charge in [0.1, 0.15) is 11.7 Å². The molecule has 0 aliphatic carbocycles. The Morgan fingerprint density at radius 1 is 1.19 bits per heavy atom. The molecule has 0 saturated heterocycles. The van der Waals surface area contributed by atoms with Gasteiger partial charge in [-0.25, -0.2) is 4.98 Å². The number of pyridine rings is 1. The number of hydrazone groups is 1. The highest BCUT2D eigenvalue weighted by atomic mass is 15.2. The summed E-state index contributed by atoms with van der Waals surface area (Å²) < 4.78 is 0. The third-order valence-corrected chi connectivity index (χ3v) is 3.46. The highest BCUT2D eigenvalue weighted by molar-refractivity contribution is 5.88. The maximum atomic E-state index is 5.90. The van der Waals surface area contributed by atoms with Gasteiger partial charge in [-0.3, -0.25) is 0 Å². The molecule has 0 amide bonds. The van der Waals surface area contributed by atoms with Gasteiger partial charge < -0.3 is 16.9 Å². The molecule has 0 aliphatic rings. The standard InChI is InChI=1S/C16H23N5/c1-11(2)7-9-14(16(17)21-18)20-15-10-8-12-5-3-4-6-13(12)19-15/h3-6,8,10-11,14H,7,9,18H2,1-2H3,(H2,17,21)(H,19,20). The summed E-state index contributed by atoms with van der Waals surface area (Å²) in [5, 5.41) is 8.07. The van der Waals surface area contributed by atoms with Crippen molar-refractivity contribution in [2.24, 2.45) is 22.6 Å². The lowest BCUT2D eigenvalue weighted by atomic mass is 10.0. The molecule has 1 aromatic carbocycles. The largest absolute Gasteiger partial charge is 0.384 e. The summed E-state index contributed by atoms with van der Waals surface area (Å²) in [7, 11) is 0. The molecule has 0 aliphatic heterocycles. The Morgan fingerprint density at radius 3 is 2.67 bits per heavy atom. The molecule has 0 spiro atoms. The molecule has 0 radical (unpaired) electrons. The van der Waals surface area contributed by atoms with Crippen LogP contribution in [0.2, 0.25) is 0 Å². The van der Waals surface area contributed by atoms with Gasteiger partial charge in [0.15, 0.2) is 0 Å². The van der Waals surface area contributed by atoms with Gasteiger partial charge in [0.2, 0.25) is 0 Å². The summed E-state index contributed by atoms with van der Waals surface area (Å²) in [6.45, 7) is 4.36. The summed E-state index contributed by atoms with van der Waals surface area (Å²) in [4.78, 5) is 4.60. The van der Waals surface area contributed by atoms with Crippen LogP contribution >= 0.6 is 0 Å². The smallest absolute Gasteiger partial charge is 0.141 e. The monoisotopic (exact) mass is 285 g/mol. The van der Waals surface area contributed by atoms with Crippen LogP contribution in [0, 0.1) is 5.92 Å². The number of nitrogens with two attached hydrogens (primary N) is 2. The minimum absolute atomic E-state index is 0.0916. The van der Waals surface area contributed by atoms with E-state index in [2.05, 4.69) is 29.2 Å². The Morgan fingerprint density at radius 2 is 1.95 bits per heavy atom. The first kappa shape index (κ1) is 15.1. The Balaban J connectivity index is 2.17. The van der Waals surface area contributed by atoms with E-state index in [4.69, 9.17) is 11.6 Å². The maximum absolute atomic E-state index is 5.90. The lowest BCUT2D eigenvalue weighted by molar-refractivity contribution is 0.548. The second-order valence-electron chi connectivity index (χ2n) is 5.61. The fourth-order valence-electron chi connectivity index (χ4n) is 2.21. The van der Waals surface area contributed by atoms with Crippen LogP contribution in [0.1, 0.15) is 26.7 Å². The van der Waals surface area contributed by atoms with E-state index in [-0.39, 0.29) is 6.04 Å². The van der Waals surface area contributed by atoms with Crippen LogP contribution < -0.4 is 16.9 Å². The topological polar surface area (TPSA) is 89.3 Å². The minimum atomic E-state index is -0.0916. The van der Waals surface area contributed by atoms with Gasteiger partial charge >= 0.3 is 0 Å². The lowest BCUT2D eigenvalue weighted by Gasteiger charge is -2.19. The molecule has 0 saturated carbocycles. The number of anilines is 1. The molecular weight excluding hydrogens is 262 g/mol. The van der Waals surface area contributed by atoms with E-state index >= 15 is 0 Å². The van der Waals surface area contributed by atoms with Crippen LogP contribution in [0.3, 0.4) is 0 Å². The number of benzene rings is 1. The van der Waals surface area contributed by atoms with Crippen molar-refractivity contribution in [1.29, 1.82) is 0 Å². The first-order chi connectivity index (χ1) is 10.1. The second kappa shape index (κ2) is 6.92. The molecule has 1 heterocycles. The average molecular weight is 285 g/mol. The summed E-state index contributed by atoms with van der Waals surface area (Å²) >= 11 is 0. The van der Waals surface area contributed by atoms with Crippen molar-refractivity contribution in [3.05, 3.63) is 36.4 Å². The Bertz CT molecular complexity index is 621. The first-order valence-electron chi connectivity index (χ1n) is 7.25. The number of nitrogens with one attached hydrogen (secondary N) is 1. The summed E-state index contributed by atoms with van der Waals surface area (Å²) in [5.41, 5.74) is 6.85. The van der Waals surface area contributed by atoms with Crippen molar-refractivity contribution in [1.82, 2.24) is 4.98 Å². The molecule has 5 heteroatoms. The highest BCUT2D eigenvalue weighted by Crippen LogP contribution is 2.17. The van der Waals surface area contributed by atoms with Crippen molar-refractivity contribution in [3.63, 3.8) is 0 Å². The van der Waals surface area contributed by atoms with Crippen LogP contribution in [0.25, 0.3) is 10.9 Å².